The summed E-state index contributed by atoms with van der Waals surface area (Å²) in [5.74, 6) is 1.19. The van der Waals surface area contributed by atoms with Gasteiger partial charge in [0.05, 0.1) is 11.7 Å². The molecule has 2 heterocycles. The Bertz CT molecular complexity index is 759. The van der Waals surface area contributed by atoms with E-state index in [4.69, 9.17) is 0 Å². The van der Waals surface area contributed by atoms with E-state index in [-0.39, 0.29) is 5.75 Å². The number of aromatic hydroxyl groups is 1. The number of benzene rings is 1. The number of rotatable bonds is 2. The van der Waals surface area contributed by atoms with Crippen molar-refractivity contribution in [1.82, 2.24) is 14.5 Å². The molecule has 1 aromatic carbocycles. The van der Waals surface area contributed by atoms with E-state index in [1.807, 2.05) is 18.2 Å². The highest BCUT2D eigenvalue weighted by Gasteiger charge is 2.28. The Morgan fingerprint density at radius 1 is 1.21 bits per heavy atom. The molecule has 0 radical (unpaired) electrons. The van der Waals surface area contributed by atoms with E-state index in [0.29, 0.717) is 6.04 Å². The predicted molar refractivity (Wildman–Crippen MR) is 72.9 cm³/mol. The van der Waals surface area contributed by atoms with Crippen molar-refractivity contribution in [2.75, 3.05) is 0 Å². The smallest absolute Gasteiger partial charge is 0.141 e. The van der Waals surface area contributed by atoms with Crippen LogP contribution in [0.5, 0.6) is 5.75 Å². The number of pyridine rings is 1. The molecule has 1 N–H and O–H groups in total. The number of fused-ring (bicyclic) bond motifs is 1. The van der Waals surface area contributed by atoms with Crippen LogP contribution in [0.4, 0.5) is 0 Å². The van der Waals surface area contributed by atoms with Crippen LogP contribution >= 0.6 is 0 Å². The van der Waals surface area contributed by atoms with Gasteiger partial charge in [-0.3, -0.25) is 4.98 Å². The highest BCUT2D eigenvalue weighted by atomic mass is 16.3. The van der Waals surface area contributed by atoms with Crippen molar-refractivity contribution in [3.63, 3.8) is 0 Å². The maximum Gasteiger partial charge on any atom is 0.141 e. The molecular formula is C15H13N3O. The molecule has 94 valence electrons. The van der Waals surface area contributed by atoms with Crippen LogP contribution in [-0.4, -0.2) is 19.6 Å². The lowest BCUT2D eigenvalue weighted by atomic mass is 10.2. The van der Waals surface area contributed by atoms with Crippen LogP contribution in [0.3, 0.4) is 0 Å². The second kappa shape index (κ2) is 3.82. The number of hydrogen-bond acceptors (Lipinski definition) is 3. The molecule has 19 heavy (non-hydrogen) atoms. The Hall–Kier alpha value is -2.36. The van der Waals surface area contributed by atoms with Crippen LogP contribution in [0, 0.1) is 0 Å². The average Bonchev–Trinajstić information content (AvgIpc) is 3.18. The lowest BCUT2D eigenvalue weighted by Gasteiger charge is -2.07. The van der Waals surface area contributed by atoms with E-state index in [1.54, 1.807) is 24.5 Å². The molecule has 1 saturated carbocycles. The summed E-state index contributed by atoms with van der Waals surface area (Å²) >= 11 is 0. The van der Waals surface area contributed by atoms with Gasteiger partial charge in [0, 0.05) is 17.8 Å². The van der Waals surface area contributed by atoms with Gasteiger partial charge in [-0.1, -0.05) is 12.1 Å². The second-order valence-corrected chi connectivity index (χ2v) is 4.95. The van der Waals surface area contributed by atoms with Gasteiger partial charge in [-0.05, 0) is 31.0 Å². The molecule has 0 bridgehead atoms. The Kier molecular flexibility index (Phi) is 2.12. The Morgan fingerprint density at radius 3 is 2.89 bits per heavy atom. The number of phenolic OH excluding ortho intramolecular Hbond substituents is 1. The van der Waals surface area contributed by atoms with E-state index >= 15 is 0 Å². The number of hydrogen-bond donors (Lipinski definition) is 1. The monoisotopic (exact) mass is 251 g/mol. The summed E-state index contributed by atoms with van der Waals surface area (Å²) in [6.45, 7) is 0. The van der Waals surface area contributed by atoms with E-state index in [1.165, 1.54) is 12.8 Å². The fourth-order valence-corrected chi connectivity index (χ4v) is 2.50. The van der Waals surface area contributed by atoms with E-state index in [9.17, 15) is 5.11 Å². The largest absolute Gasteiger partial charge is 0.508 e. The molecule has 0 spiro atoms. The molecule has 2 aromatic heterocycles. The molecule has 1 fully saturated rings. The van der Waals surface area contributed by atoms with Crippen LogP contribution < -0.4 is 0 Å². The predicted octanol–water partition coefficient (Wildman–Crippen LogP) is 3.14. The van der Waals surface area contributed by atoms with Gasteiger partial charge < -0.3 is 9.67 Å². The lowest BCUT2D eigenvalue weighted by Crippen LogP contribution is -1.97. The number of aromatic nitrogens is 3. The quantitative estimate of drug-likeness (QED) is 0.761. The van der Waals surface area contributed by atoms with E-state index < -0.39 is 0 Å². The SMILES string of the molecule is Oc1cccc(-c2nc3cnccc3n2C2CC2)c1. The zero-order valence-corrected chi connectivity index (χ0v) is 10.3. The minimum absolute atomic E-state index is 0.269. The van der Waals surface area contributed by atoms with Gasteiger partial charge in [0.15, 0.2) is 0 Å². The van der Waals surface area contributed by atoms with Crippen molar-refractivity contribution in [3.05, 3.63) is 42.7 Å². The molecule has 1 aliphatic carbocycles. The highest BCUT2D eigenvalue weighted by Crippen LogP contribution is 2.41. The summed E-state index contributed by atoms with van der Waals surface area (Å²) in [4.78, 5) is 8.81. The zero-order chi connectivity index (χ0) is 12.8. The number of imidazole rings is 1. The molecule has 4 heteroatoms. The third-order valence-corrected chi connectivity index (χ3v) is 3.51. The minimum atomic E-state index is 0.269. The first-order valence-electron chi connectivity index (χ1n) is 6.44. The number of nitrogens with zero attached hydrogens (tertiary/aromatic N) is 3. The lowest BCUT2D eigenvalue weighted by molar-refractivity contribution is 0.475. The van der Waals surface area contributed by atoms with Crippen molar-refractivity contribution in [2.45, 2.75) is 18.9 Å². The average molecular weight is 251 g/mol. The molecule has 0 atom stereocenters. The molecule has 0 unspecified atom stereocenters. The highest BCUT2D eigenvalue weighted by molar-refractivity contribution is 5.80. The fraction of sp³-hybridized carbons (Fsp3) is 0.200. The van der Waals surface area contributed by atoms with E-state index in [0.717, 1.165) is 22.4 Å². The first kappa shape index (κ1) is 10.6. The summed E-state index contributed by atoms with van der Waals surface area (Å²) in [5, 5.41) is 9.64. The van der Waals surface area contributed by atoms with Crippen molar-refractivity contribution in [1.29, 1.82) is 0 Å². The second-order valence-electron chi connectivity index (χ2n) is 4.95. The van der Waals surface area contributed by atoms with Crippen LogP contribution in [0.1, 0.15) is 18.9 Å². The molecular weight excluding hydrogens is 238 g/mol. The molecule has 4 rings (SSSR count). The molecule has 0 amide bonds. The Balaban J connectivity index is 2.00. The van der Waals surface area contributed by atoms with Gasteiger partial charge >= 0.3 is 0 Å². The summed E-state index contributed by atoms with van der Waals surface area (Å²) < 4.78 is 2.27. The third kappa shape index (κ3) is 1.68. The summed E-state index contributed by atoms with van der Waals surface area (Å²) in [7, 11) is 0. The molecule has 1 aliphatic rings. The summed E-state index contributed by atoms with van der Waals surface area (Å²) in [6, 6.07) is 9.80. The van der Waals surface area contributed by atoms with Crippen LogP contribution in [-0.2, 0) is 0 Å². The standard InChI is InChI=1S/C15H13N3O/c19-12-3-1-2-10(8-12)15-17-13-9-16-7-6-14(13)18(15)11-4-5-11/h1-3,6-9,11,19H,4-5H2. The van der Waals surface area contributed by atoms with Gasteiger partial charge in [0.25, 0.3) is 0 Å². The third-order valence-electron chi connectivity index (χ3n) is 3.51. The molecule has 4 nitrogen and oxygen atoms in total. The summed E-state index contributed by atoms with van der Waals surface area (Å²) in [6.07, 6.45) is 5.98. The van der Waals surface area contributed by atoms with Gasteiger partial charge in [0.2, 0.25) is 0 Å². The van der Waals surface area contributed by atoms with Crippen molar-refractivity contribution in [3.8, 4) is 17.1 Å². The first-order valence-corrected chi connectivity index (χ1v) is 6.44. The van der Waals surface area contributed by atoms with Crippen molar-refractivity contribution in [2.24, 2.45) is 0 Å². The molecule has 0 saturated heterocycles. The molecule has 0 aliphatic heterocycles. The van der Waals surface area contributed by atoms with Crippen molar-refractivity contribution >= 4 is 11.0 Å². The first-order chi connectivity index (χ1) is 9.33. The van der Waals surface area contributed by atoms with Gasteiger partial charge in [-0.2, -0.15) is 0 Å². The fourth-order valence-electron chi connectivity index (χ4n) is 2.50. The van der Waals surface area contributed by atoms with Gasteiger partial charge in [0.1, 0.15) is 17.1 Å². The van der Waals surface area contributed by atoms with Gasteiger partial charge in [-0.25, -0.2) is 4.98 Å². The van der Waals surface area contributed by atoms with Crippen LogP contribution in [0.15, 0.2) is 42.7 Å². The van der Waals surface area contributed by atoms with Gasteiger partial charge in [-0.15, -0.1) is 0 Å². The number of phenols is 1. The minimum Gasteiger partial charge on any atom is -0.508 e. The van der Waals surface area contributed by atoms with Crippen molar-refractivity contribution < 1.29 is 5.11 Å². The van der Waals surface area contributed by atoms with Crippen LogP contribution in [0.2, 0.25) is 0 Å². The normalized spacial score (nSPS) is 14.9. The van der Waals surface area contributed by atoms with Crippen LogP contribution in [0.25, 0.3) is 22.4 Å². The zero-order valence-electron chi connectivity index (χ0n) is 10.3. The Labute approximate surface area is 110 Å². The van der Waals surface area contributed by atoms with E-state index in [2.05, 4.69) is 14.5 Å². The maximum absolute atomic E-state index is 9.64. The Morgan fingerprint density at radius 2 is 2.11 bits per heavy atom. The topological polar surface area (TPSA) is 50.9 Å². The molecule has 3 aromatic rings. The summed E-state index contributed by atoms with van der Waals surface area (Å²) in [5.41, 5.74) is 2.98. The maximum atomic E-state index is 9.64.